The van der Waals surface area contributed by atoms with E-state index in [0.717, 1.165) is 27.8 Å². The molecule has 2 heteroatoms. The normalized spacial score (nSPS) is 10.2. The standard InChI is InChI=1S/C18H15NO/c19-17-9-4-8-16(13-17)14-6-3-7-15-5-1-2-10-18(15)20-12-11-14/h1-13H,19H2. The largest absolute Gasteiger partial charge is 0.464 e. The van der Waals surface area contributed by atoms with Crippen molar-refractivity contribution in [2.24, 2.45) is 0 Å². The molecular formula is C18H15NO. The lowest BCUT2D eigenvalue weighted by Crippen LogP contribution is -1.84. The summed E-state index contributed by atoms with van der Waals surface area (Å²) >= 11 is 0. The smallest absolute Gasteiger partial charge is 0.133 e. The molecule has 0 saturated carbocycles. The minimum Gasteiger partial charge on any atom is -0.464 e. The van der Waals surface area contributed by atoms with Crippen molar-refractivity contribution in [3.63, 3.8) is 0 Å². The van der Waals surface area contributed by atoms with Gasteiger partial charge in [0.15, 0.2) is 0 Å². The Kier molecular flexibility index (Phi) is 3.38. The molecule has 1 aromatic heterocycles. The van der Waals surface area contributed by atoms with Gasteiger partial charge in [-0.15, -0.1) is 0 Å². The highest BCUT2D eigenvalue weighted by atomic mass is 16.3. The van der Waals surface area contributed by atoms with E-state index < -0.39 is 0 Å². The minimum absolute atomic E-state index is 0.754. The predicted octanol–water partition coefficient (Wildman–Crippen LogP) is 4.81. The molecule has 0 saturated heterocycles. The van der Waals surface area contributed by atoms with Crippen LogP contribution >= 0.6 is 0 Å². The van der Waals surface area contributed by atoms with Gasteiger partial charge in [0.25, 0.3) is 0 Å². The number of para-hydroxylation sites is 1. The summed E-state index contributed by atoms with van der Waals surface area (Å²) in [6.45, 7) is 0. The van der Waals surface area contributed by atoms with Crippen LogP contribution in [0.5, 0.6) is 0 Å². The first-order valence-corrected chi connectivity index (χ1v) is 6.49. The van der Waals surface area contributed by atoms with E-state index in [0.29, 0.717) is 0 Å². The van der Waals surface area contributed by atoms with Gasteiger partial charge in [0.1, 0.15) is 5.58 Å². The first-order chi connectivity index (χ1) is 9.83. The lowest BCUT2D eigenvalue weighted by molar-refractivity contribution is 0.607. The highest BCUT2D eigenvalue weighted by molar-refractivity contribution is 5.75. The molecule has 0 amide bonds. The fraction of sp³-hybridized carbons (Fsp3) is 0. The van der Waals surface area contributed by atoms with Crippen LogP contribution in [0.1, 0.15) is 0 Å². The second-order valence-electron chi connectivity index (χ2n) is 4.57. The Bertz CT molecular complexity index is 744. The molecule has 20 heavy (non-hydrogen) atoms. The summed E-state index contributed by atoms with van der Waals surface area (Å²) in [6, 6.07) is 23.8. The maximum Gasteiger partial charge on any atom is 0.133 e. The van der Waals surface area contributed by atoms with Gasteiger partial charge in [-0.25, -0.2) is 0 Å². The number of anilines is 1. The topological polar surface area (TPSA) is 39.2 Å². The lowest BCUT2D eigenvalue weighted by atomic mass is 10.1. The zero-order chi connectivity index (χ0) is 13.8. The van der Waals surface area contributed by atoms with Crippen molar-refractivity contribution in [3.05, 3.63) is 79.1 Å². The van der Waals surface area contributed by atoms with E-state index in [-0.39, 0.29) is 0 Å². The third kappa shape index (κ3) is 2.64. The van der Waals surface area contributed by atoms with Crippen LogP contribution < -0.4 is 5.73 Å². The fourth-order valence-corrected chi connectivity index (χ4v) is 2.13. The molecule has 1 heterocycles. The van der Waals surface area contributed by atoms with Crippen molar-refractivity contribution in [1.82, 2.24) is 0 Å². The van der Waals surface area contributed by atoms with Gasteiger partial charge in [0, 0.05) is 11.1 Å². The van der Waals surface area contributed by atoms with Gasteiger partial charge in [-0.3, -0.25) is 0 Å². The molecule has 98 valence electrons. The minimum atomic E-state index is 0.754. The molecule has 0 unspecified atom stereocenters. The summed E-state index contributed by atoms with van der Waals surface area (Å²) in [5.74, 6) is 0. The summed E-state index contributed by atoms with van der Waals surface area (Å²) in [4.78, 5) is 0. The Morgan fingerprint density at radius 1 is 0.700 bits per heavy atom. The summed E-state index contributed by atoms with van der Waals surface area (Å²) < 4.78 is 5.69. The van der Waals surface area contributed by atoms with Crippen molar-refractivity contribution in [1.29, 1.82) is 0 Å². The molecular weight excluding hydrogens is 246 g/mol. The molecule has 2 nitrogen and oxygen atoms in total. The lowest BCUT2D eigenvalue weighted by Gasteiger charge is -1.99. The van der Waals surface area contributed by atoms with Gasteiger partial charge in [0.2, 0.25) is 0 Å². The molecule has 3 rings (SSSR count). The van der Waals surface area contributed by atoms with Crippen LogP contribution in [0.25, 0.3) is 22.1 Å². The second kappa shape index (κ2) is 5.49. The molecule has 0 fully saturated rings. The molecule has 0 spiro atoms. The molecule has 2 aromatic carbocycles. The van der Waals surface area contributed by atoms with E-state index in [9.17, 15) is 0 Å². The van der Waals surface area contributed by atoms with Crippen molar-refractivity contribution >= 4 is 16.7 Å². The highest BCUT2D eigenvalue weighted by Gasteiger charge is 1.96. The van der Waals surface area contributed by atoms with Gasteiger partial charge in [0.05, 0.1) is 6.26 Å². The first kappa shape index (κ1) is 12.3. The van der Waals surface area contributed by atoms with E-state index in [4.69, 9.17) is 10.2 Å². The van der Waals surface area contributed by atoms with Gasteiger partial charge >= 0.3 is 0 Å². The number of benzene rings is 2. The Labute approximate surface area is 117 Å². The van der Waals surface area contributed by atoms with Crippen LogP contribution in [-0.2, 0) is 0 Å². The number of fused-ring (bicyclic) bond motifs is 1. The van der Waals surface area contributed by atoms with Crippen molar-refractivity contribution in [2.45, 2.75) is 0 Å². The Morgan fingerprint density at radius 2 is 1.45 bits per heavy atom. The zero-order valence-electron chi connectivity index (χ0n) is 11.0. The molecule has 0 aliphatic rings. The van der Waals surface area contributed by atoms with Crippen LogP contribution in [0.15, 0.2) is 83.5 Å². The number of rotatable bonds is 1. The quantitative estimate of drug-likeness (QED) is 0.639. The monoisotopic (exact) mass is 261 g/mol. The third-order valence-electron chi connectivity index (χ3n) is 3.13. The fourth-order valence-electron chi connectivity index (χ4n) is 2.13. The van der Waals surface area contributed by atoms with E-state index in [1.807, 2.05) is 66.7 Å². The molecule has 0 radical (unpaired) electrons. The number of hydrogen-bond donors (Lipinski definition) is 1. The van der Waals surface area contributed by atoms with Crippen LogP contribution in [0.3, 0.4) is 0 Å². The van der Waals surface area contributed by atoms with Crippen LogP contribution in [0, 0.1) is 0 Å². The summed E-state index contributed by atoms with van der Waals surface area (Å²) in [7, 11) is 0. The third-order valence-corrected chi connectivity index (χ3v) is 3.13. The number of nitrogen functional groups attached to an aromatic ring is 1. The van der Waals surface area contributed by atoms with Crippen molar-refractivity contribution in [2.75, 3.05) is 5.73 Å². The average Bonchev–Trinajstić information content (AvgIpc) is 2.57. The predicted molar refractivity (Wildman–Crippen MR) is 83.7 cm³/mol. The van der Waals surface area contributed by atoms with E-state index in [1.165, 1.54) is 0 Å². The summed E-state index contributed by atoms with van der Waals surface area (Å²) in [5, 5.41) is 1.06. The summed E-state index contributed by atoms with van der Waals surface area (Å²) in [6.07, 6.45) is 1.71. The molecule has 0 aliphatic heterocycles. The second-order valence-corrected chi connectivity index (χ2v) is 4.57. The van der Waals surface area contributed by atoms with Gasteiger partial charge in [-0.05, 0) is 35.4 Å². The van der Waals surface area contributed by atoms with Crippen LogP contribution in [-0.4, -0.2) is 0 Å². The molecule has 0 aliphatic carbocycles. The maximum atomic E-state index is 5.83. The SMILES string of the molecule is Nc1cccc(-c2cccc3ccccc3occ2)c1. The van der Waals surface area contributed by atoms with Crippen LogP contribution in [0.2, 0.25) is 0 Å². The van der Waals surface area contributed by atoms with Crippen molar-refractivity contribution < 1.29 is 4.42 Å². The van der Waals surface area contributed by atoms with Crippen LogP contribution in [0.4, 0.5) is 5.69 Å². The Hall–Kier alpha value is -2.74. The van der Waals surface area contributed by atoms with E-state index in [2.05, 4.69) is 6.07 Å². The molecule has 0 bridgehead atoms. The van der Waals surface area contributed by atoms with Crippen molar-refractivity contribution in [3.8, 4) is 11.1 Å². The van der Waals surface area contributed by atoms with E-state index in [1.54, 1.807) is 6.26 Å². The van der Waals surface area contributed by atoms with E-state index >= 15 is 0 Å². The molecule has 2 N–H and O–H groups in total. The first-order valence-electron chi connectivity index (χ1n) is 6.49. The highest BCUT2D eigenvalue weighted by Crippen LogP contribution is 2.20. The molecule has 3 aromatic rings. The summed E-state index contributed by atoms with van der Waals surface area (Å²) in [5.41, 5.74) is 9.56. The maximum absolute atomic E-state index is 5.83. The van der Waals surface area contributed by atoms with Gasteiger partial charge in [-0.1, -0.05) is 48.5 Å². The van der Waals surface area contributed by atoms with Gasteiger partial charge < -0.3 is 10.2 Å². The molecule has 0 atom stereocenters. The Morgan fingerprint density at radius 3 is 2.35 bits per heavy atom. The number of nitrogens with two attached hydrogens (primary N) is 1. The number of hydrogen-bond acceptors (Lipinski definition) is 2. The van der Waals surface area contributed by atoms with Gasteiger partial charge in [-0.2, -0.15) is 0 Å². The average molecular weight is 261 g/mol. The zero-order valence-corrected chi connectivity index (χ0v) is 11.0. The Balaban J connectivity index is 2.18.